The van der Waals surface area contributed by atoms with Crippen molar-refractivity contribution in [2.75, 3.05) is 38.2 Å². The third-order valence-electron chi connectivity index (χ3n) is 6.67. The first-order valence-electron chi connectivity index (χ1n) is 12.3. The molecule has 208 valence electrons. The minimum Gasteiger partial charge on any atom is -0.378 e. The topological polar surface area (TPSA) is 87.7 Å². The maximum atomic E-state index is 14.2. The summed E-state index contributed by atoms with van der Waals surface area (Å²) < 4.78 is 73.4. The number of thiazole rings is 1. The van der Waals surface area contributed by atoms with Crippen LogP contribution in [-0.4, -0.2) is 82.7 Å². The number of likely N-dealkylation sites (tertiary alicyclic amines) is 1. The van der Waals surface area contributed by atoms with Gasteiger partial charge in [-0.2, -0.15) is 13.2 Å². The van der Waals surface area contributed by atoms with Crippen LogP contribution >= 0.6 is 11.3 Å². The third-order valence-corrected chi connectivity index (χ3v) is 7.74. The number of hydrogen-bond acceptors (Lipinski definition) is 7. The first-order valence-corrected chi connectivity index (χ1v) is 13.1. The number of amides is 2. The van der Waals surface area contributed by atoms with Gasteiger partial charge in [-0.1, -0.05) is 6.92 Å². The zero-order chi connectivity index (χ0) is 27.6. The molecule has 1 N–H and O–H groups in total. The zero-order valence-corrected chi connectivity index (χ0v) is 21.7. The number of alkyl halides is 5. The number of carbonyl (C=O) groups excluding carboxylic acids is 2. The van der Waals surface area contributed by atoms with Gasteiger partial charge >= 0.3 is 6.18 Å². The fourth-order valence-corrected chi connectivity index (χ4v) is 5.58. The number of rotatable bonds is 7. The van der Waals surface area contributed by atoms with Gasteiger partial charge in [-0.15, -0.1) is 11.3 Å². The molecular formula is C24H28F5N5O3S. The first kappa shape index (κ1) is 28.1. The summed E-state index contributed by atoms with van der Waals surface area (Å²) in [6, 6.07) is -1.21. The third kappa shape index (κ3) is 5.90. The summed E-state index contributed by atoms with van der Waals surface area (Å²) in [5.41, 5.74) is -0.914. The fraction of sp³-hybridized carbons (Fsp3) is 0.583. The molecule has 0 spiro atoms. The van der Waals surface area contributed by atoms with Crippen molar-refractivity contribution >= 4 is 29.0 Å². The van der Waals surface area contributed by atoms with Crippen molar-refractivity contribution in [3.05, 3.63) is 28.5 Å². The second kappa shape index (κ2) is 11.5. The highest BCUT2D eigenvalue weighted by Crippen LogP contribution is 2.39. The van der Waals surface area contributed by atoms with Crippen LogP contribution in [0.25, 0.3) is 10.4 Å². The highest BCUT2D eigenvalue weighted by atomic mass is 32.1. The van der Waals surface area contributed by atoms with Gasteiger partial charge in [0.15, 0.2) is 5.01 Å². The Kier molecular flexibility index (Phi) is 8.50. The van der Waals surface area contributed by atoms with Gasteiger partial charge in [-0.25, -0.2) is 18.7 Å². The van der Waals surface area contributed by atoms with Crippen molar-refractivity contribution in [1.29, 1.82) is 0 Å². The molecule has 4 heterocycles. The minimum absolute atomic E-state index is 0.0305. The van der Waals surface area contributed by atoms with Gasteiger partial charge in [-0.3, -0.25) is 9.59 Å². The maximum absolute atomic E-state index is 14.2. The van der Waals surface area contributed by atoms with E-state index in [4.69, 9.17) is 4.74 Å². The average molecular weight is 562 g/mol. The standard InChI is InChI=1S/C24H28F5N5O3S/c1-3-16(24(27,28)29)31-17-11-14(20(25)26)15(12-30-17)19-18(22(35)34-6-4-5-13(34)2)32-21(38-19)23(36)33-7-9-37-10-8-33/h11-13,16,20H,3-10H2,1-2H3,(H,30,31)/t13-,16?/m0/s1. The number of nitrogens with zero attached hydrogens (tertiary/aromatic N) is 4. The Morgan fingerprint density at radius 2 is 1.92 bits per heavy atom. The van der Waals surface area contributed by atoms with Crippen molar-refractivity contribution in [2.45, 2.75) is 57.8 Å². The van der Waals surface area contributed by atoms with Crippen LogP contribution in [0.2, 0.25) is 0 Å². The monoisotopic (exact) mass is 561 g/mol. The van der Waals surface area contributed by atoms with E-state index in [9.17, 15) is 31.5 Å². The van der Waals surface area contributed by atoms with Gasteiger partial charge in [0.05, 0.1) is 18.1 Å². The molecule has 8 nitrogen and oxygen atoms in total. The van der Waals surface area contributed by atoms with Crippen LogP contribution in [0.15, 0.2) is 12.3 Å². The van der Waals surface area contributed by atoms with E-state index in [0.717, 1.165) is 36.4 Å². The highest BCUT2D eigenvalue weighted by molar-refractivity contribution is 7.17. The van der Waals surface area contributed by atoms with Crippen molar-refractivity contribution in [2.24, 2.45) is 0 Å². The number of nitrogens with one attached hydrogen (secondary N) is 1. The molecule has 0 saturated carbocycles. The molecule has 4 rings (SSSR count). The molecule has 1 unspecified atom stereocenters. The lowest BCUT2D eigenvalue weighted by atomic mass is 10.1. The Bertz CT molecular complexity index is 1170. The Hall–Kier alpha value is -2.87. The summed E-state index contributed by atoms with van der Waals surface area (Å²) in [5.74, 6) is -1.31. The number of anilines is 1. The lowest BCUT2D eigenvalue weighted by Crippen LogP contribution is -2.40. The van der Waals surface area contributed by atoms with Crippen LogP contribution in [0.5, 0.6) is 0 Å². The molecule has 0 aliphatic carbocycles. The molecule has 2 aromatic heterocycles. The van der Waals surface area contributed by atoms with E-state index < -0.39 is 36.0 Å². The molecule has 0 bridgehead atoms. The summed E-state index contributed by atoms with van der Waals surface area (Å²) in [5, 5.41) is 2.13. The van der Waals surface area contributed by atoms with Gasteiger partial charge in [-0.05, 0) is 32.3 Å². The van der Waals surface area contributed by atoms with Crippen LogP contribution < -0.4 is 5.32 Å². The van der Waals surface area contributed by atoms with E-state index in [1.54, 1.807) is 4.90 Å². The van der Waals surface area contributed by atoms with E-state index in [2.05, 4.69) is 15.3 Å². The van der Waals surface area contributed by atoms with E-state index in [0.29, 0.717) is 32.8 Å². The van der Waals surface area contributed by atoms with Crippen LogP contribution in [0.3, 0.4) is 0 Å². The Balaban J connectivity index is 1.77. The predicted molar refractivity (Wildman–Crippen MR) is 131 cm³/mol. The number of halogens is 5. The number of aromatic nitrogens is 2. The van der Waals surface area contributed by atoms with Crippen LogP contribution in [-0.2, 0) is 4.74 Å². The van der Waals surface area contributed by atoms with Gasteiger partial charge < -0.3 is 19.9 Å². The van der Waals surface area contributed by atoms with Crippen LogP contribution in [0.1, 0.15) is 65.4 Å². The molecule has 2 amide bonds. The number of hydrogen-bond donors (Lipinski definition) is 1. The molecule has 0 radical (unpaired) electrons. The molecule has 2 fully saturated rings. The van der Waals surface area contributed by atoms with Crippen molar-refractivity contribution in [3.8, 4) is 10.4 Å². The number of pyridine rings is 1. The molecule has 38 heavy (non-hydrogen) atoms. The second-order valence-electron chi connectivity index (χ2n) is 9.20. The molecule has 2 aliphatic heterocycles. The van der Waals surface area contributed by atoms with Crippen LogP contribution in [0, 0.1) is 0 Å². The quantitative estimate of drug-likeness (QED) is 0.480. The Morgan fingerprint density at radius 1 is 1.21 bits per heavy atom. The first-order chi connectivity index (χ1) is 18.0. The average Bonchev–Trinajstić information content (AvgIpc) is 3.52. The molecule has 0 aromatic carbocycles. The number of morpholine rings is 1. The summed E-state index contributed by atoms with van der Waals surface area (Å²) in [6.07, 6.45) is -5.47. The smallest absolute Gasteiger partial charge is 0.378 e. The highest BCUT2D eigenvalue weighted by Gasteiger charge is 2.39. The molecular weight excluding hydrogens is 533 g/mol. The van der Waals surface area contributed by atoms with E-state index in [1.807, 2.05) is 6.92 Å². The summed E-state index contributed by atoms with van der Waals surface area (Å²) in [7, 11) is 0. The summed E-state index contributed by atoms with van der Waals surface area (Å²) in [4.78, 5) is 38.0. The fourth-order valence-electron chi connectivity index (χ4n) is 4.53. The summed E-state index contributed by atoms with van der Waals surface area (Å²) >= 11 is 0.798. The van der Waals surface area contributed by atoms with Gasteiger partial charge in [0.25, 0.3) is 18.2 Å². The second-order valence-corrected chi connectivity index (χ2v) is 10.2. The van der Waals surface area contributed by atoms with Gasteiger partial charge in [0.2, 0.25) is 0 Å². The normalized spacial score (nSPS) is 19.2. The Labute approximate surface area is 220 Å². The zero-order valence-electron chi connectivity index (χ0n) is 20.9. The van der Waals surface area contributed by atoms with E-state index in [-0.39, 0.29) is 39.4 Å². The Morgan fingerprint density at radius 3 is 2.50 bits per heavy atom. The SMILES string of the molecule is CCC(Nc1cc(C(F)F)c(-c2sc(C(=O)N3CCOCC3)nc2C(=O)N2CCC[C@@H]2C)cn1)C(F)(F)F. The summed E-state index contributed by atoms with van der Waals surface area (Å²) in [6.45, 7) is 4.97. The molecule has 2 saturated heterocycles. The van der Waals surface area contributed by atoms with Crippen molar-refractivity contribution in [3.63, 3.8) is 0 Å². The predicted octanol–water partition coefficient (Wildman–Crippen LogP) is 4.99. The van der Waals surface area contributed by atoms with Gasteiger partial charge in [0, 0.05) is 43.0 Å². The maximum Gasteiger partial charge on any atom is 0.408 e. The van der Waals surface area contributed by atoms with Gasteiger partial charge in [0.1, 0.15) is 17.6 Å². The lowest BCUT2D eigenvalue weighted by molar-refractivity contribution is -0.142. The molecule has 14 heteroatoms. The lowest BCUT2D eigenvalue weighted by Gasteiger charge is -2.25. The number of carbonyl (C=O) groups is 2. The number of ether oxygens (including phenoxy) is 1. The van der Waals surface area contributed by atoms with E-state index >= 15 is 0 Å². The minimum atomic E-state index is -4.60. The molecule has 2 atom stereocenters. The molecule has 2 aliphatic rings. The van der Waals surface area contributed by atoms with Crippen molar-refractivity contribution in [1.82, 2.24) is 19.8 Å². The molecule has 2 aromatic rings. The van der Waals surface area contributed by atoms with Crippen molar-refractivity contribution < 1.29 is 36.3 Å². The van der Waals surface area contributed by atoms with E-state index in [1.165, 1.54) is 11.8 Å². The largest absolute Gasteiger partial charge is 0.408 e. The van der Waals surface area contributed by atoms with Crippen LogP contribution in [0.4, 0.5) is 27.8 Å².